The minimum Gasteiger partial charge on any atom is -0.347 e. The van der Waals surface area contributed by atoms with Crippen molar-refractivity contribution in [3.05, 3.63) is 70.3 Å². The van der Waals surface area contributed by atoms with Crippen molar-refractivity contribution in [1.82, 2.24) is 20.1 Å². The Labute approximate surface area is 155 Å². The number of H-pyrrole nitrogens is 1. The van der Waals surface area contributed by atoms with Gasteiger partial charge in [-0.1, -0.05) is 12.1 Å². The molecular formula is C20H17N5O2. The number of carbonyl (C=O) groups is 1. The van der Waals surface area contributed by atoms with Crippen LogP contribution in [-0.2, 0) is 0 Å². The molecule has 1 fully saturated rings. The van der Waals surface area contributed by atoms with E-state index in [9.17, 15) is 9.59 Å². The van der Waals surface area contributed by atoms with Gasteiger partial charge in [0.05, 0.1) is 22.8 Å². The molecule has 0 unspecified atom stereocenters. The number of pyridine rings is 1. The summed E-state index contributed by atoms with van der Waals surface area (Å²) >= 11 is 0. The lowest BCUT2D eigenvalue weighted by Gasteiger charge is -2.11. The van der Waals surface area contributed by atoms with Crippen LogP contribution in [0.25, 0.3) is 16.9 Å². The molecule has 1 amide bonds. The molecule has 2 N–H and O–H groups in total. The van der Waals surface area contributed by atoms with Crippen LogP contribution in [0.5, 0.6) is 0 Å². The first-order valence-electron chi connectivity index (χ1n) is 8.59. The van der Waals surface area contributed by atoms with Crippen LogP contribution >= 0.6 is 0 Å². The van der Waals surface area contributed by atoms with Gasteiger partial charge < -0.3 is 5.32 Å². The Morgan fingerprint density at radius 2 is 2.00 bits per heavy atom. The highest BCUT2D eigenvalue weighted by Gasteiger charge is 2.38. The van der Waals surface area contributed by atoms with Crippen LogP contribution in [-0.4, -0.2) is 26.2 Å². The summed E-state index contributed by atoms with van der Waals surface area (Å²) in [5.74, 6) is 0.236. The fourth-order valence-electron chi connectivity index (χ4n) is 2.78. The second-order valence-corrected chi connectivity index (χ2v) is 6.94. The zero-order chi connectivity index (χ0) is 19.0. The molecule has 3 aromatic rings. The van der Waals surface area contributed by atoms with Gasteiger partial charge in [-0.15, -0.1) is 0 Å². The molecule has 1 aliphatic carbocycles. The molecule has 1 aromatic carbocycles. The summed E-state index contributed by atoms with van der Waals surface area (Å²) in [6, 6.07) is 12.1. The maximum absolute atomic E-state index is 12.7. The van der Waals surface area contributed by atoms with Gasteiger partial charge in [0.15, 0.2) is 5.82 Å². The van der Waals surface area contributed by atoms with Gasteiger partial charge in [0, 0.05) is 17.9 Å². The molecule has 2 aromatic heterocycles. The molecule has 0 bridgehead atoms. The zero-order valence-electron chi connectivity index (χ0n) is 14.7. The van der Waals surface area contributed by atoms with Gasteiger partial charge in [-0.3, -0.25) is 14.7 Å². The van der Waals surface area contributed by atoms with Gasteiger partial charge in [0.25, 0.3) is 11.5 Å². The lowest BCUT2D eigenvalue weighted by molar-refractivity contribution is 0.0935. The average Bonchev–Trinajstić information content (AvgIpc) is 3.29. The summed E-state index contributed by atoms with van der Waals surface area (Å²) in [5.41, 5.74) is 1.83. The van der Waals surface area contributed by atoms with Crippen molar-refractivity contribution >= 4 is 5.91 Å². The first-order chi connectivity index (χ1) is 13.0. The average molecular weight is 359 g/mol. The van der Waals surface area contributed by atoms with Gasteiger partial charge >= 0.3 is 0 Å². The molecular weight excluding hydrogens is 342 g/mol. The highest BCUT2D eigenvalue weighted by molar-refractivity contribution is 5.94. The van der Waals surface area contributed by atoms with E-state index in [4.69, 9.17) is 5.26 Å². The summed E-state index contributed by atoms with van der Waals surface area (Å²) in [6.07, 6.45) is 5.03. The van der Waals surface area contributed by atoms with Crippen molar-refractivity contribution in [2.75, 3.05) is 0 Å². The number of benzene rings is 1. The monoisotopic (exact) mass is 359 g/mol. The highest BCUT2D eigenvalue weighted by Crippen LogP contribution is 2.34. The first kappa shape index (κ1) is 16.8. The van der Waals surface area contributed by atoms with E-state index in [2.05, 4.69) is 15.4 Å². The third kappa shape index (κ3) is 3.25. The molecule has 4 rings (SSSR count). The summed E-state index contributed by atoms with van der Waals surface area (Å²) < 4.78 is 1.32. The number of nitrogens with zero attached hydrogens (tertiary/aromatic N) is 3. The van der Waals surface area contributed by atoms with Crippen molar-refractivity contribution in [3.63, 3.8) is 0 Å². The van der Waals surface area contributed by atoms with E-state index in [-0.39, 0.29) is 17.0 Å². The largest absolute Gasteiger partial charge is 0.347 e. The fourth-order valence-corrected chi connectivity index (χ4v) is 2.78. The molecule has 2 heterocycles. The van der Waals surface area contributed by atoms with Crippen molar-refractivity contribution in [2.24, 2.45) is 0 Å². The van der Waals surface area contributed by atoms with Gasteiger partial charge in [-0.05, 0) is 49.6 Å². The maximum atomic E-state index is 12.7. The van der Waals surface area contributed by atoms with Crippen LogP contribution in [0.3, 0.4) is 0 Å². The van der Waals surface area contributed by atoms with E-state index in [1.54, 1.807) is 42.6 Å². The SMILES string of the molecule is CC1(NC(=O)c2ccc(-n3[nH]cc(-c4ccc(C#N)cc4)c3=O)nc2)CC1. The Morgan fingerprint density at radius 3 is 2.59 bits per heavy atom. The molecule has 7 heteroatoms. The van der Waals surface area contributed by atoms with E-state index in [1.165, 1.54) is 10.9 Å². The normalized spacial score (nSPS) is 14.4. The molecule has 27 heavy (non-hydrogen) atoms. The predicted octanol–water partition coefficient (Wildman–Crippen LogP) is 2.38. The van der Waals surface area contributed by atoms with Crippen LogP contribution in [0.1, 0.15) is 35.7 Å². The number of aromatic nitrogens is 3. The predicted molar refractivity (Wildman–Crippen MR) is 99.4 cm³/mol. The van der Waals surface area contributed by atoms with Crippen molar-refractivity contribution < 1.29 is 4.79 Å². The van der Waals surface area contributed by atoms with Crippen molar-refractivity contribution in [3.8, 4) is 23.0 Å². The van der Waals surface area contributed by atoms with E-state index in [0.29, 0.717) is 28.1 Å². The van der Waals surface area contributed by atoms with Gasteiger partial charge in [-0.25, -0.2) is 9.67 Å². The Bertz CT molecular complexity index is 1100. The molecule has 0 aliphatic heterocycles. The lowest BCUT2D eigenvalue weighted by Crippen LogP contribution is -2.34. The summed E-state index contributed by atoms with van der Waals surface area (Å²) in [4.78, 5) is 29.1. The van der Waals surface area contributed by atoms with Crippen molar-refractivity contribution in [1.29, 1.82) is 5.26 Å². The third-order valence-corrected chi connectivity index (χ3v) is 4.75. The minimum atomic E-state index is -0.255. The maximum Gasteiger partial charge on any atom is 0.280 e. The molecule has 0 atom stereocenters. The second kappa shape index (κ2) is 6.25. The number of aromatic amines is 1. The van der Waals surface area contributed by atoms with Crippen LogP contribution in [0.2, 0.25) is 0 Å². The molecule has 0 radical (unpaired) electrons. The van der Waals surface area contributed by atoms with Gasteiger partial charge in [0.2, 0.25) is 0 Å². The molecule has 0 saturated heterocycles. The Kier molecular flexibility index (Phi) is 3.89. The molecule has 134 valence electrons. The second-order valence-electron chi connectivity index (χ2n) is 6.94. The number of nitriles is 1. The zero-order valence-corrected chi connectivity index (χ0v) is 14.7. The lowest BCUT2D eigenvalue weighted by atomic mass is 10.1. The summed E-state index contributed by atoms with van der Waals surface area (Å²) in [7, 11) is 0. The van der Waals surface area contributed by atoms with E-state index < -0.39 is 0 Å². The fraction of sp³-hybridized carbons (Fsp3) is 0.200. The van der Waals surface area contributed by atoms with Crippen LogP contribution in [0, 0.1) is 11.3 Å². The third-order valence-electron chi connectivity index (χ3n) is 4.75. The number of nitrogens with one attached hydrogen (secondary N) is 2. The van der Waals surface area contributed by atoms with Crippen LogP contribution < -0.4 is 10.9 Å². The van der Waals surface area contributed by atoms with Crippen molar-refractivity contribution in [2.45, 2.75) is 25.3 Å². The topological polar surface area (TPSA) is 104 Å². The highest BCUT2D eigenvalue weighted by atomic mass is 16.2. The van der Waals surface area contributed by atoms with Gasteiger partial charge in [-0.2, -0.15) is 5.26 Å². The Hall–Kier alpha value is -3.66. The molecule has 1 saturated carbocycles. The first-order valence-corrected chi connectivity index (χ1v) is 8.59. The molecule has 0 spiro atoms. The molecule has 7 nitrogen and oxygen atoms in total. The smallest absolute Gasteiger partial charge is 0.280 e. The molecule has 1 aliphatic rings. The summed E-state index contributed by atoms with van der Waals surface area (Å²) in [6.45, 7) is 2.01. The quantitative estimate of drug-likeness (QED) is 0.746. The standard InChI is InChI=1S/C20H17N5O2/c1-20(8-9-20)24-18(26)15-6-7-17(22-11-15)25-19(27)16(12-23-25)14-4-2-13(10-21)3-5-14/h2-7,11-12,23H,8-9H2,1H3,(H,24,26). The Balaban J connectivity index is 1.58. The van der Waals surface area contributed by atoms with E-state index in [1.807, 2.05) is 13.0 Å². The van der Waals surface area contributed by atoms with Gasteiger partial charge in [0.1, 0.15) is 0 Å². The number of hydrogen-bond acceptors (Lipinski definition) is 4. The number of hydrogen-bond donors (Lipinski definition) is 2. The van der Waals surface area contributed by atoms with Crippen LogP contribution in [0.15, 0.2) is 53.6 Å². The minimum absolute atomic E-state index is 0.0951. The Morgan fingerprint density at radius 1 is 1.26 bits per heavy atom. The number of amides is 1. The van der Waals surface area contributed by atoms with Crippen LogP contribution in [0.4, 0.5) is 0 Å². The summed E-state index contributed by atoms with van der Waals surface area (Å²) in [5, 5.41) is 14.7. The van der Waals surface area contributed by atoms with E-state index in [0.717, 1.165) is 12.8 Å². The van der Waals surface area contributed by atoms with E-state index >= 15 is 0 Å². The number of carbonyl (C=O) groups excluding carboxylic acids is 1. The number of rotatable bonds is 4.